The summed E-state index contributed by atoms with van der Waals surface area (Å²) in [6.45, 7) is 1.89. The quantitative estimate of drug-likeness (QED) is 0.779. The van der Waals surface area contributed by atoms with Crippen LogP contribution in [0.2, 0.25) is 5.02 Å². The Morgan fingerprint density at radius 3 is 2.92 bits per heavy atom. The van der Waals surface area contributed by atoms with Gasteiger partial charge in [0.05, 0.1) is 13.7 Å². The normalized spacial score (nSPS) is 20.7. The van der Waals surface area contributed by atoms with Crippen molar-refractivity contribution in [3.8, 4) is 5.75 Å². The van der Waals surface area contributed by atoms with Gasteiger partial charge >= 0.3 is 6.09 Å². The smallest absolute Gasteiger partial charge is 0.410 e. The molecule has 1 aromatic carbocycles. The van der Waals surface area contributed by atoms with Gasteiger partial charge in [-0.25, -0.2) is 4.79 Å². The topological polar surface area (TPSA) is 59.1 Å². The first-order valence-corrected chi connectivity index (χ1v) is 8.52. The first-order valence-electron chi connectivity index (χ1n) is 8.15. The summed E-state index contributed by atoms with van der Waals surface area (Å²) >= 11 is 6.06. The molecule has 2 heterocycles. The van der Waals surface area contributed by atoms with Crippen LogP contribution in [0.1, 0.15) is 24.8 Å². The SMILES string of the molecule is COC(=O)N1CCCC[C@@H]1C(=O)N1CCOc2ccc(Cl)cc2C1. The number of piperidine rings is 1. The molecule has 2 aliphatic heterocycles. The number of nitrogens with zero attached hydrogens (tertiary/aromatic N) is 2. The molecule has 0 radical (unpaired) electrons. The van der Waals surface area contributed by atoms with Crippen molar-refractivity contribution in [2.45, 2.75) is 31.8 Å². The van der Waals surface area contributed by atoms with Crippen LogP contribution in [0.4, 0.5) is 4.79 Å². The molecule has 2 amide bonds. The lowest BCUT2D eigenvalue weighted by atomic mass is 10.0. The summed E-state index contributed by atoms with van der Waals surface area (Å²) in [6, 6.07) is 4.96. The molecule has 130 valence electrons. The van der Waals surface area contributed by atoms with Gasteiger partial charge in [-0.05, 0) is 37.5 Å². The molecule has 1 aromatic rings. The second kappa shape index (κ2) is 7.30. The summed E-state index contributed by atoms with van der Waals surface area (Å²) in [5, 5.41) is 0.612. The minimum Gasteiger partial charge on any atom is -0.491 e. The molecule has 0 aromatic heterocycles. The zero-order valence-corrected chi connectivity index (χ0v) is 14.4. The van der Waals surface area contributed by atoms with Crippen LogP contribution in [-0.4, -0.2) is 54.6 Å². The number of fused-ring (bicyclic) bond motifs is 1. The van der Waals surface area contributed by atoms with Crippen LogP contribution in [0.5, 0.6) is 5.75 Å². The maximum absolute atomic E-state index is 13.0. The van der Waals surface area contributed by atoms with E-state index in [-0.39, 0.29) is 5.91 Å². The molecule has 7 heteroatoms. The fourth-order valence-corrected chi connectivity index (χ4v) is 3.48. The van der Waals surface area contributed by atoms with Gasteiger partial charge in [0.15, 0.2) is 0 Å². The summed E-state index contributed by atoms with van der Waals surface area (Å²) < 4.78 is 10.5. The Morgan fingerprint density at radius 2 is 2.12 bits per heavy atom. The Balaban J connectivity index is 1.79. The van der Waals surface area contributed by atoms with Gasteiger partial charge in [0.1, 0.15) is 18.4 Å². The number of benzene rings is 1. The maximum Gasteiger partial charge on any atom is 0.410 e. The molecule has 0 N–H and O–H groups in total. The van der Waals surface area contributed by atoms with E-state index in [1.807, 2.05) is 12.1 Å². The number of carbonyl (C=O) groups is 2. The van der Waals surface area contributed by atoms with Gasteiger partial charge in [-0.15, -0.1) is 0 Å². The van der Waals surface area contributed by atoms with Gasteiger partial charge in [0, 0.05) is 23.7 Å². The van der Waals surface area contributed by atoms with E-state index in [4.69, 9.17) is 21.1 Å². The molecule has 3 rings (SSSR count). The monoisotopic (exact) mass is 352 g/mol. The summed E-state index contributed by atoms with van der Waals surface area (Å²) in [5.41, 5.74) is 0.883. The van der Waals surface area contributed by atoms with E-state index in [1.165, 1.54) is 12.0 Å². The molecule has 0 saturated carbocycles. The van der Waals surface area contributed by atoms with Crippen LogP contribution in [0, 0.1) is 0 Å². The number of methoxy groups -OCH3 is 1. The lowest BCUT2D eigenvalue weighted by molar-refractivity contribution is -0.138. The molecule has 6 nitrogen and oxygen atoms in total. The second-order valence-electron chi connectivity index (χ2n) is 6.04. The van der Waals surface area contributed by atoms with Crippen LogP contribution in [0.25, 0.3) is 0 Å². The molecule has 0 unspecified atom stereocenters. The highest BCUT2D eigenvalue weighted by atomic mass is 35.5. The second-order valence-corrected chi connectivity index (χ2v) is 6.47. The van der Waals surface area contributed by atoms with Gasteiger partial charge in [0.25, 0.3) is 0 Å². The first-order chi connectivity index (χ1) is 11.6. The van der Waals surface area contributed by atoms with E-state index in [1.54, 1.807) is 11.0 Å². The standard InChI is InChI=1S/C17H21ClN2O4/c1-23-17(22)20-7-3-2-4-14(20)16(21)19-8-9-24-15-6-5-13(18)10-12(15)11-19/h5-6,10,14H,2-4,7-9,11H2,1H3/t14-/m1/s1. The van der Waals surface area contributed by atoms with Crippen molar-refractivity contribution in [2.75, 3.05) is 26.8 Å². The van der Waals surface area contributed by atoms with E-state index in [0.29, 0.717) is 37.7 Å². The molecule has 1 atom stereocenters. The van der Waals surface area contributed by atoms with Crippen LogP contribution in [0.15, 0.2) is 18.2 Å². The lowest BCUT2D eigenvalue weighted by Gasteiger charge is -2.36. The number of likely N-dealkylation sites (tertiary alicyclic amines) is 1. The summed E-state index contributed by atoms with van der Waals surface area (Å²) in [4.78, 5) is 28.3. The van der Waals surface area contributed by atoms with E-state index < -0.39 is 12.1 Å². The number of ether oxygens (including phenoxy) is 2. The lowest BCUT2D eigenvalue weighted by Crippen LogP contribution is -2.53. The third-order valence-electron chi connectivity index (χ3n) is 4.51. The number of hydrogen-bond acceptors (Lipinski definition) is 4. The van der Waals surface area contributed by atoms with E-state index >= 15 is 0 Å². The Morgan fingerprint density at radius 1 is 1.29 bits per heavy atom. The minimum absolute atomic E-state index is 0.0588. The van der Waals surface area contributed by atoms with Gasteiger partial charge in [-0.2, -0.15) is 0 Å². The third-order valence-corrected chi connectivity index (χ3v) is 4.75. The molecule has 2 aliphatic rings. The van der Waals surface area contributed by atoms with Crippen molar-refractivity contribution in [2.24, 2.45) is 0 Å². The molecule has 1 saturated heterocycles. The summed E-state index contributed by atoms with van der Waals surface area (Å²) in [5.74, 6) is 0.694. The van der Waals surface area contributed by atoms with Crippen molar-refractivity contribution < 1.29 is 19.1 Å². The predicted octanol–water partition coefficient (Wildman–Crippen LogP) is 2.68. The highest BCUT2D eigenvalue weighted by molar-refractivity contribution is 6.30. The molecular weight excluding hydrogens is 332 g/mol. The molecule has 0 bridgehead atoms. The molecular formula is C17H21ClN2O4. The number of amides is 2. The van der Waals surface area contributed by atoms with E-state index in [0.717, 1.165) is 24.2 Å². The van der Waals surface area contributed by atoms with Gasteiger partial charge in [-0.3, -0.25) is 9.69 Å². The number of hydrogen-bond donors (Lipinski definition) is 0. The first kappa shape index (κ1) is 16.9. The molecule has 0 spiro atoms. The predicted molar refractivity (Wildman–Crippen MR) is 89.1 cm³/mol. The Bertz CT molecular complexity index is 637. The highest BCUT2D eigenvalue weighted by Crippen LogP contribution is 2.28. The largest absolute Gasteiger partial charge is 0.491 e. The highest BCUT2D eigenvalue weighted by Gasteiger charge is 2.36. The fraction of sp³-hybridized carbons (Fsp3) is 0.529. The third kappa shape index (κ3) is 3.43. The van der Waals surface area contributed by atoms with Crippen LogP contribution in [-0.2, 0) is 16.1 Å². The molecule has 1 fully saturated rings. The Hall–Kier alpha value is -1.95. The fourth-order valence-electron chi connectivity index (χ4n) is 3.29. The average Bonchev–Trinajstić information content (AvgIpc) is 2.82. The number of carbonyl (C=O) groups excluding carboxylic acids is 2. The van der Waals surface area contributed by atoms with Crippen LogP contribution < -0.4 is 4.74 Å². The average molecular weight is 353 g/mol. The molecule has 24 heavy (non-hydrogen) atoms. The molecule has 0 aliphatic carbocycles. The van der Waals surface area contributed by atoms with Gasteiger partial charge in [0.2, 0.25) is 5.91 Å². The van der Waals surface area contributed by atoms with Gasteiger partial charge in [-0.1, -0.05) is 11.6 Å². The minimum atomic E-state index is -0.466. The maximum atomic E-state index is 13.0. The van der Waals surface area contributed by atoms with Crippen LogP contribution in [0.3, 0.4) is 0 Å². The zero-order chi connectivity index (χ0) is 17.1. The summed E-state index contributed by atoms with van der Waals surface area (Å²) in [7, 11) is 1.34. The van der Waals surface area contributed by atoms with Crippen molar-refractivity contribution in [3.63, 3.8) is 0 Å². The van der Waals surface area contributed by atoms with E-state index in [2.05, 4.69) is 0 Å². The van der Waals surface area contributed by atoms with Gasteiger partial charge < -0.3 is 14.4 Å². The van der Waals surface area contributed by atoms with E-state index in [9.17, 15) is 9.59 Å². The Kier molecular flexibility index (Phi) is 5.14. The number of rotatable bonds is 1. The van der Waals surface area contributed by atoms with Crippen molar-refractivity contribution in [1.29, 1.82) is 0 Å². The van der Waals surface area contributed by atoms with Crippen molar-refractivity contribution in [3.05, 3.63) is 28.8 Å². The van der Waals surface area contributed by atoms with Crippen molar-refractivity contribution >= 4 is 23.6 Å². The van der Waals surface area contributed by atoms with Crippen LogP contribution >= 0.6 is 11.6 Å². The number of halogens is 1. The zero-order valence-electron chi connectivity index (χ0n) is 13.7. The Labute approximate surface area is 146 Å². The summed E-state index contributed by atoms with van der Waals surface area (Å²) in [6.07, 6.45) is 2.03. The van der Waals surface area contributed by atoms with Crippen molar-refractivity contribution in [1.82, 2.24) is 9.80 Å².